The summed E-state index contributed by atoms with van der Waals surface area (Å²) in [5, 5.41) is 11.8. The maximum Gasteiger partial charge on any atom is 0.326 e. The maximum absolute atomic E-state index is 12.8. The van der Waals surface area contributed by atoms with Crippen molar-refractivity contribution in [3.63, 3.8) is 0 Å². The number of halogens is 2. The van der Waals surface area contributed by atoms with Crippen molar-refractivity contribution in [1.29, 1.82) is 0 Å². The number of aliphatic carboxylic acids is 1. The van der Waals surface area contributed by atoms with Gasteiger partial charge in [-0.2, -0.15) is 0 Å². The van der Waals surface area contributed by atoms with Crippen LogP contribution >= 0.6 is 22.6 Å². The fraction of sp³-hybridized carbons (Fsp3) is 0.176. The second kappa shape index (κ2) is 8.05. The molecule has 0 aliphatic carbocycles. The molecular formula is C17H15FINO3. The highest BCUT2D eigenvalue weighted by Crippen LogP contribution is 2.10. The molecule has 0 aromatic heterocycles. The summed E-state index contributed by atoms with van der Waals surface area (Å²) < 4.78 is 13.9. The topological polar surface area (TPSA) is 66.4 Å². The van der Waals surface area contributed by atoms with Gasteiger partial charge >= 0.3 is 5.97 Å². The summed E-state index contributed by atoms with van der Waals surface area (Å²) in [5.41, 5.74) is 1.46. The van der Waals surface area contributed by atoms with Gasteiger partial charge in [-0.15, -0.1) is 0 Å². The third kappa shape index (κ3) is 5.63. The molecule has 1 amide bonds. The van der Waals surface area contributed by atoms with Gasteiger partial charge in [0.2, 0.25) is 5.91 Å². The predicted molar refractivity (Wildman–Crippen MR) is 92.5 cm³/mol. The number of benzene rings is 2. The van der Waals surface area contributed by atoms with Gasteiger partial charge < -0.3 is 10.4 Å². The van der Waals surface area contributed by atoms with Crippen LogP contribution in [-0.4, -0.2) is 23.0 Å². The van der Waals surface area contributed by atoms with E-state index in [1.807, 2.05) is 24.3 Å². The number of carbonyl (C=O) groups excluding carboxylic acids is 1. The van der Waals surface area contributed by atoms with Gasteiger partial charge in [0.15, 0.2) is 0 Å². The SMILES string of the molecule is O=C(Cc1ccc(F)cc1)N[C@H](Cc1ccc(I)cc1)C(=O)O. The Morgan fingerprint density at radius 1 is 1.04 bits per heavy atom. The van der Waals surface area contributed by atoms with Crippen LogP contribution < -0.4 is 5.32 Å². The van der Waals surface area contributed by atoms with Crippen LogP contribution in [0.15, 0.2) is 48.5 Å². The van der Waals surface area contributed by atoms with E-state index in [1.165, 1.54) is 24.3 Å². The van der Waals surface area contributed by atoms with E-state index in [9.17, 15) is 19.1 Å². The molecule has 2 rings (SSSR count). The number of carboxylic acid groups (broad SMARTS) is 1. The van der Waals surface area contributed by atoms with Crippen LogP contribution in [0.25, 0.3) is 0 Å². The highest BCUT2D eigenvalue weighted by molar-refractivity contribution is 14.1. The largest absolute Gasteiger partial charge is 0.480 e. The van der Waals surface area contributed by atoms with E-state index in [2.05, 4.69) is 27.9 Å². The van der Waals surface area contributed by atoms with Crippen molar-refractivity contribution in [2.45, 2.75) is 18.9 Å². The van der Waals surface area contributed by atoms with E-state index in [1.54, 1.807) is 0 Å². The predicted octanol–water partition coefficient (Wildman–Crippen LogP) is 2.78. The molecule has 0 fully saturated rings. The first-order chi connectivity index (χ1) is 10.9. The Hall–Kier alpha value is -1.96. The third-order valence-electron chi connectivity index (χ3n) is 3.26. The van der Waals surface area contributed by atoms with Crippen molar-refractivity contribution in [2.75, 3.05) is 0 Å². The first-order valence-corrected chi connectivity index (χ1v) is 8.03. The van der Waals surface area contributed by atoms with Crippen LogP contribution in [0.4, 0.5) is 4.39 Å². The summed E-state index contributed by atoms with van der Waals surface area (Å²) in [6, 6.07) is 12.0. The van der Waals surface area contributed by atoms with Gasteiger partial charge in [-0.05, 0) is 58.0 Å². The van der Waals surface area contributed by atoms with E-state index in [4.69, 9.17) is 0 Å². The van der Waals surface area contributed by atoms with Crippen LogP contribution in [-0.2, 0) is 22.4 Å². The molecule has 0 bridgehead atoms. The Kier molecular flexibility index (Phi) is 6.09. The maximum atomic E-state index is 12.8. The molecule has 6 heteroatoms. The molecule has 2 aromatic rings. The molecule has 0 radical (unpaired) electrons. The van der Waals surface area contributed by atoms with Crippen molar-refractivity contribution in [1.82, 2.24) is 5.32 Å². The minimum atomic E-state index is -1.09. The Morgan fingerprint density at radius 3 is 2.17 bits per heavy atom. The number of carbonyl (C=O) groups is 2. The minimum absolute atomic E-state index is 0.0107. The first kappa shape index (κ1) is 17.4. The van der Waals surface area contributed by atoms with Crippen LogP contribution in [0.5, 0.6) is 0 Å². The summed E-state index contributed by atoms with van der Waals surface area (Å²) in [7, 11) is 0. The lowest BCUT2D eigenvalue weighted by Gasteiger charge is -2.15. The normalized spacial score (nSPS) is 11.7. The number of carboxylic acids is 1. The summed E-state index contributed by atoms with van der Waals surface area (Å²) >= 11 is 2.17. The molecule has 120 valence electrons. The molecular weight excluding hydrogens is 412 g/mol. The monoisotopic (exact) mass is 427 g/mol. The lowest BCUT2D eigenvalue weighted by molar-refractivity contribution is -0.141. The molecule has 0 saturated carbocycles. The molecule has 2 aromatic carbocycles. The van der Waals surface area contributed by atoms with E-state index in [0.717, 1.165) is 9.13 Å². The zero-order chi connectivity index (χ0) is 16.8. The van der Waals surface area contributed by atoms with E-state index < -0.39 is 17.9 Å². The third-order valence-corrected chi connectivity index (χ3v) is 3.98. The number of hydrogen-bond donors (Lipinski definition) is 2. The smallest absolute Gasteiger partial charge is 0.326 e. The minimum Gasteiger partial charge on any atom is -0.480 e. The summed E-state index contributed by atoms with van der Waals surface area (Å²) in [5.74, 6) is -1.87. The molecule has 4 nitrogen and oxygen atoms in total. The molecule has 0 spiro atoms. The molecule has 0 heterocycles. The number of hydrogen-bond acceptors (Lipinski definition) is 2. The van der Waals surface area contributed by atoms with Crippen molar-refractivity contribution in [2.24, 2.45) is 0 Å². The highest BCUT2D eigenvalue weighted by atomic mass is 127. The number of nitrogens with one attached hydrogen (secondary N) is 1. The van der Waals surface area contributed by atoms with Gasteiger partial charge in [0.1, 0.15) is 11.9 Å². The van der Waals surface area contributed by atoms with Crippen molar-refractivity contribution < 1.29 is 19.1 Å². The first-order valence-electron chi connectivity index (χ1n) is 6.95. The molecule has 1 atom stereocenters. The Morgan fingerprint density at radius 2 is 1.61 bits per heavy atom. The second-order valence-electron chi connectivity index (χ2n) is 5.09. The Bertz CT molecular complexity index is 686. The van der Waals surface area contributed by atoms with Crippen LogP contribution in [0, 0.1) is 9.39 Å². The quantitative estimate of drug-likeness (QED) is 0.697. The van der Waals surface area contributed by atoms with Crippen molar-refractivity contribution >= 4 is 34.5 Å². The van der Waals surface area contributed by atoms with Crippen molar-refractivity contribution in [3.05, 3.63) is 69.0 Å². The van der Waals surface area contributed by atoms with Gasteiger partial charge in [0.05, 0.1) is 6.42 Å². The highest BCUT2D eigenvalue weighted by Gasteiger charge is 2.20. The fourth-order valence-corrected chi connectivity index (χ4v) is 2.45. The second-order valence-corrected chi connectivity index (χ2v) is 6.34. The van der Waals surface area contributed by atoms with E-state index >= 15 is 0 Å². The number of rotatable bonds is 6. The van der Waals surface area contributed by atoms with Crippen LogP contribution in [0.1, 0.15) is 11.1 Å². The molecule has 0 aliphatic rings. The summed E-state index contributed by atoms with van der Waals surface area (Å²) in [4.78, 5) is 23.3. The van der Waals surface area contributed by atoms with Gasteiger partial charge in [-0.1, -0.05) is 24.3 Å². The van der Waals surface area contributed by atoms with Crippen LogP contribution in [0.2, 0.25) is 0 Å². The summed E-state index contributed by atoms with van der Waals surface area (Å²) in [6.07, 6.45) is 0.220. The molecule has 2 N–H and O–H groups in total. The van der Waals surface area contributed by atoms with Crippen molar-refractivity contribution in [3.8, 4) is 0 Å². The zero-order valence-electron chi connectivity index (χ0n) is 12.1. The molecule has 0 unspecified atom stereocenters. The fourth-order valence-electron chi connectivity index (χ4n) is 2.09. The number of amides is 1. The standard InChI is InChI=1S/C17H15FINO3/c18-13-5-1-12(2-6-13)10-16(21)20-15(17(22)23)9-11-3-7-14(19)8-4-11/h1-8,15H,9-10H2,(H,20,21)(H,22,23)/t15-/m1/s1. The Balaban J connectivity index is 1.98. The summed E-state index contributed by atoms with van der Waals surface area (Å²) in [6.45, 7) is 0. The van der Waals surface area contributed by atoms with E-state index in [0.29, 0.717) is 5.56 Å². The van der Waals surface area contributed by atoms with Gasteiger partial charge in [-0.25, -0.2) is 9.18 Å². The van der Waals surface area contributed by atoms with Crippen LogP contribution in [0.3, 0.4) is 0 Å². The molecule has 0 aliphatic heterocycles. The molecule has 0 saturated heterocycles. The molecule has 23 heavy (non-hydrogen) atoms. The van der Waals surface area contributed by atoms with Gasteiger partial charge in [0.25, 0.3) is 0 Å². The average molecular weight is 427 g/mol. The van der Waals surface area contributed by atoms with Gasteiger partial charge in [-0.3, -0.25) is 4.79 Å². The Labute approximate surface area is 146 Å². The van der Waals surface area contributed by atoms with E-state index in [-0.39, 0.29) is 18.7 Å². The lowest BCUT2D eigenvalue weighted by atomic mass is 10.1. The average Bonchev–Trinajstić information content (AvgIpc) is 2.51. The lowest BCUT2D eigenvalue weighted by Crippen LogP contribution is -2.43. The van der Waals surface area contributed by atoms with Gasteiger partial charge in [0, 0.05) is 9.99 Å². The zero-order valence-corrected chi connectivity index (χ0v) is 14.3.